The number of amides is 1. The molecule has 0 aliphatic heterocycles. The van der Waals surface area contributed by atoms with Crippen LogP contribution in [-0.4, -0.2) is 25.9 Å². The molecule has 0 aliphatic rings. The Morgan fingerprint density at radius 1 is 1.35 bits per heavy atom. The summed E-state index contributed by atoms with van der Waals surface area (Å²) in [6.45, 7) is 9.48. The molecular weight excluding hydrogens is 258 g/mol. The molecule has 0 spiro atoms. The number of hydrogen-bond donors (Lipinski definition) is 1. The lowest BCUT2D eigenvalue weighted by atomic mass is 9.96. The molecule has 7 heteroatoms. The van der Waals surface area contributed by atoms with Crippen molar-refractivity contribution in [2.24, 2.45) is 5.41 Å². The summed E-state index contributed by atoms with van der Waals surface area (Å²) in [6, 6.07) is 2.13. The lowest BCUT2D eigenvalue weighted by Crippen LogP contribution is -2.27. The predicted molar refractivity (Wildman–Crippen MR) is 74.0 cm³/mol. The first-order valence-corrected chi connectivity index (χ1v) is 6.48. The minimum atomic E-state index is -0.520. The van der Waals surface area contributed by atoms with E-state index < -0.39 is 5.41 Å². The van der Waals surface area contributed by atoms with E-state index in [9.17, 15) is 4.79 Å². The van der Waals surface area contributed by atoms with E-state index in [0.29, 0.717) is 5.69 Å². The fourth-order valence-corrected chi connectivity index (χ4v) is 1.40. The van der Waals surface area contributed by atoms with Crippen LogP contribution in [0.2, 0.25) is 0 Å². The maximum Gasteiger partial charge on any atom is 0.322 e. The van der Waals surface area contributed by atoms with Crippen molar-refractivity contribution in [3.63, 3.8) is 0 Å². The molecule has 2 aromatic rings. The van der Waals surface area contributed by atoms with Crippen molar-refractivity contribution in [2.45, 2.75) is 40.7 Å². The number of hydrogen-bond acceptors (Lipinski definition) is 5. The number of nitrogens with one attached hydrogen (secondary N) is 1. The highest BCUT2D eigenvalue weighted by atomic mass is 16.4. The standard InChI is InChI=1S/C13H19N5O2/c1-8(2)18-7-6-9(17-18)10-15-16-12(20-10)14-11(19)13(3,4)5/h6-8H,1-5H3,(H,14,16,19). The maximum absolute atomic E-state index is 11.8. The zero-order valence-electron chi connectivity index (χ0n) is 12.3. The van der Waals surface area contributed by atoms with Crippen LogP contribution in [0.15, 0.2) is 16.7 Å². The van der Waals surface area contributed by atoms with E-state index in [0.717, 1.165) is 0 Å². The van der Waals surface area contributed by atoms with Crippen LogP contribution in [-0.2, 0) is 4.79 Å². The molecule has 2 aromatic heterocycles. The Hall–Kier alpha value is -2.18. The Balaban J connectivity index is 2.14. The molecule has 2 heterocycles. The average Bonchev–Trinajstić information content (AvgIpc) is 2.94. The number of carbonyl (C=O) groups is 1. The van der Waals surface area contributed by atoms with Crippen molar-refractivity contribution < 1.29 is 9.21 Å². The van der Waals surface area contributed by atoms with E-state index in [1.54, 1.807) is 10.7 Å². The molecular formula is C13H19N5O2. The van der Waals surface area contributed by atoms with Gasteiger partial charge in [-0.2, -0.15) is 5.10 Å². The smallest absolute Gasteiger partial charge is 0.322 e. The second-order valence-corrected chi connectivity index (χ2v) is 5.89. The van der Waals surface area contributed by atoms with Crippen LogP contribution in [0.5, 0.6) is 0 Å². The van der Waals surface area contributed by atoms with Gasteiger partial charge in [0.1, 0.15) is 5.69 Å². The second kappa shape index (κ2) is 5.07. The molecule has 0 radical (unpaired) electrons. The van der Waals surface area contributed by atoms with Gasteiger partial charge in [0.05, 0.1) is 0 Å². The minimum Gasteiger partial charge on any atom is -0.401 e. The quantitative estimate of drug-likeness (QED) is 0.931. The fraction of sp³-hybridized carbons (Fsp3) is 0.538. The van der Waals surface area contributed by atoms with Gasteiger partial charge in [0.2, 0.25) is 5.91 Å². The fourth-order valence-electron chi connectivity index (χ4n) is 1.40. The SMILES string of the molecule is CC(C)n1ccc(-c2nnc(NC(=O)C(C)(C)C)o2)n1. The number of aromatic nitrogens is 4. The summed E-state index contributed by atoms with van der Waals surface area (Å²) in [6.07, 6.45) is 1.84. The van der Waals surface area contributed by atoms with Crippen molar-refractivity contribution in [2.75, 3.05) is 5.32 Å². The summed E-state index contributed by atoms with van der Waals surface area (Å²) in [4.78, 5) is 11.8. The van der Waals surface area contributed by atoms with Gasteiger partial charge in [-0.3, -0.25) is 14.8 Å². The molecule has 0 saturated carbocycles. The van der Waals surface area contributed by atoms with Crippen molar-refractivity contribution >= 4 is 11.9 Å². The highest BCUT2D eigenvalue weighted by molar-refractivity contribution is 5.92. The van der Waals surface area contributed by atoms with Gasteiger partial charge in [0.25, 0.3) is 5.89 Å². The molecule has 0 saturated heterocycles. The molecule has 0 aliphatic carbocycles. The Kier molecular flexibility index (Phi) is 3.61. The topological polar surface area (TPSA) is 85.8 Å². The first-order chi connectivity index (χ1) is 9.27. The Morgan fingerprint density at radius 2 is 2.05 bits per heavy atom. The molecule has 0 fully saturated rings. The van der Waals surface area contributed by atoms with Gasteiger partial charge in [0, 0.05) is 17.7 Å². The van der Waals surface area contributed by atoms with Gasteiger partial charge in [-0.05, 0) is 19.9 Å². The third kappa shape index (κ3) is 3.04. The van der Waals surface area contributed by atoms with Crippen LogP contribution in [0.4, 0.5) is 6.01 Å². The van der Waals surface area contributed by atoms with Crippen LogP contribution in [0, 0.1) is 5.41 Å². The van der Waals surface area contributed by atoms with Crippen molar-refractivity contribution in [1.29, 1.82) is 0 Å². The Labute approximate surface area is 117 Å². The Morgan fingerprint density at radius 3 is 2.60 bits per heavy atom. The first-order valence-electron chi connectivity index (χ1n) is 6.48. The van der Waals surface area contributed by atoms with Crippen LogP contribution in [0.3, 0.4) is 0 Å². The monoisotopic (exact) mass is 277 g/mol. The van der Waals surface area contributed by atoms with E-state index in [-0.39, 0.29) is 23.9 Å². The molecule has 108 valence electrons. The molecule has 0 aromatic carbocycles. The van der Waals surface area contributed by atoms with Gasteiger partial charge in [0.15, 0.2) is 0 Å². The minimum absolute atomic E-state index is 0.0824. The van der Waals surface area contributed by atoms with Gasteiger partial charge >= 0.3 is 6.01 Å². The summed E-state index contributed by atoms with van der Waals surface area (Å²) in [5.41, 5.74) is 0.0656. The molecule has 20 heavy (non-hydrogen) atoms. The van der Waals surface area contributed by atoms with Crippen molar-refractivity contribution in [1.82, 2.24) is 20.0 Å². The molecule has 1 amide bonds. The molecule has 7 nitrogen and oxygen atoms in total. The van der Waals surface area contributed by atoms with E-state index in [4.69, 9.17) is 4.42 Å². The van der Waals surface area contributed by atoms with Gasteiger partial charge in [-0.1, -0.05) is 25.9 Å². The summed E-state index contributed by atoms with van der Waals surface area (Å²) < 4.78 is 7.20. The van der Waals surface area contributed by atoms with Crippen LogP contribution in [0.1, 0.15) is 40.7 Å². The predicted octanol–water partition coefficient (Wildman–Crippen LogP) is 2.50. The lowest BCUT2D eigenvalue weighted by molar-refractivity contribution is -0.123. The largest absolute Gasteiger partial charge is 0.401 e. The molecule has 0 bridgehead atoms. The number of carbonyl (C=O) groups excluding carboxylic acids is 1. The van der Waals surface area contributed by atoms with Gasteiger partial charge in [-0.15, -0.1) is 5.10 Å². The maximum atomic E-state index is 11.8. The number of nitrogens with zero attached hydrogens (tertiary/aromatic N) is 4. The van der Waals surface area contributed by atoms with Crippen LogP contribution >= 0.6 is 0 Å². The van der Waals surface area contributed by atoms with E-state index in [1.165, 1.54) is 0 Å². The Bertz CT molecular complexity index is 606. The van der Waals surface area contributed by atoms with Crippen LogP contribution in [0.25, 0.3) is 11.6 Å². The summed E-state index contributed by atoms with van der Waals surface area (Å²) in [5, 5.41) is 14.6. The normalized spacial score (nSPS) is 11.9. The van der Waals surface area contributed by atoms with E-state index in [1.807, 2.05) is 40.8 Å². The zero-order valence-corrected chi connectivity index (χ0v) is 12.3. The highest BCUT2D eigenvalue weighted by Crippen LogP contribution is 2.21. The van der Waals surface area contributed by atoms with Gasteiger partial charge < -0.3 is 4.42 Å². The highest BCUT2D eigenvalue weighted by Gasteiger charge is 2.23. The molecule has 2 rings (SSSR count). The number of rotatable bonds is 3. The summed E-state index contributed by atoms with van der Waals surface area (Å²) in [7, 11) is 0. The van der Waals surface area contributed by atoms with Crippen LogP contribution < -0.4 is 5.32 Å². The molecule has 0 unspecified atom stereocenters. The molecule has 1 N–H and O–H groups in total. The second-order valence-electron chi connectivity index (χ2n) is 5.89. The summed E-state index contributed by atoms with van der Waals surface area (Å²) >= 11 is 0. The number of anilines is 1. The third-order valence-corrected chi connectivity index (χ3v) is 2.68. The summed E-state index contributed by atoms with van der Waals surface area (Å²) in [5.74, 6) is 0.106. The van der Waals surface area contributed by atoms with Crippen molar-refractivity contribution in [3.05, 3.63) is 12.3 Å². The molecule has 0 atom stereocenters. The third-order valence-electron chi connectivity index (χ3n) is 2.68. The van der Waals surface area contributed by atoms with E-state index in [2.05, 4.69) is 20.6 Å². The van der Waals surface area contributed by atoms with E-state index >= 15 is 0 Å². The average molecular weight is 277 g/mol. The lowest BCUT2D eigenvalue weighted by Gasteiger charge is -2.15. The van der Waals surface area contributed by atoms with Gasteiger partial charge in [-0.25, -0.2) is 0 Å². The zero-order chi connectivity index (χ0) is 14.9. The first kappa shape index (κ1) is 14.2. The van der Waals surface area contributed by atoms with Crippen molar-refractivity contribution in [3.8, 4) is 11.6 Å².